The SMILES string of the molecule is CCC1C(=O)NC(=O)CN1C(=O)C1CNC(=O)C1. The molecule has 2 unspecified atom stereocenters. The number of carbonyl (C=O) groups excluding carboxylic acids is 4. The predicted molar refractivity (Wildman–Crippen MR) is 60.1 cm³/mol. The zero-order chi connectivity index (χ0) is 13.3. The van der Waals surface area contributed by atoms with Crippen LogP contribution in [-0.4, -0.2) is 47.7 Å². The minimum absolute atomic E-state index is 0.117. The van der Waals surface area contributed by atoms with Crippen molar-refractivity contribution in [1.29, 1.82) is 0 Å². The number of imide groups is 1. The fourth-order valence-electron chi connectivity index (χ4n) is 2.32. The van der Waals surface area contributed by atoms with Crippen LogP contribution in [0.5, 0.6) is 0 Å². The summed E-state index contributed by atoms with van der Waals surface area (Å²) >= 11 is 0. The first-order chi connectivity index (χ1) is 8.52. The maximum Gasteiger partial charge on any atom is 0.249 e. The minimum Gasteiger partial charge on any atom is -0.355 e. The number of nitrogens with zero attached hydrogens (tertiary/aromatic N) is 1. The molecule has 18 heavy (non-hydrogen) atoms. The van der Waals surface area contributed by atoms with E-state index in [2.05, 4.69) is 10.6 Å². The molecule has 2 saturated heterocycles. The maximum atomic E-state index is 12.2. The van der Waals surface area contributed by atoms with Gasteiger partial charge in [-0.25, -0.2) is 0 Å². The Morgan fingerprint density at radius 3 is 2.61 bits per heavy atom. The lowest BCUT2D eigenvalue weighted by Crippen LogP contribution is -2.60. The summed E-state index contributed by atoms with van der Waals surface area (Å²) in [5.74, 6) is -1.86. The lowest BCUT2D eigenvalue weighted by atomic mass is 10.0. The Balaban J connectivity index is 2.13. The molecule has 0 radical (unpaired) electrons. The largest absolute Gasteiger partial charge is 0.355 e. The molecule has 2 rings (SSSR count). The second kappa shape index (κ2) is 4.75. The summed E-state index contributed by atoms with van der Waals surface area (Å²) < 4.78 is 0. The molecule has 4 amide bonds. The molecule has 2 aliphatic heterocycles. The van der Waals surface area contributed by atoms with Crippen molar-refractivity contribution in [3.8, 4) is 0 Å². The number of hydrogen-bond acceptors (Lipinski definition) is 4. The molecular weight excluding hydrogens is 238 g/mol. The third kappa shape index (κ3) is 2.20. The molecule has 7 heteroatoms. The van der Waals surface area contributed by atoms with E-state index < -0.39 is 23.8 Å². The fraction of sp³-hybridized carbons (Fsp3) is 0.636. The van der Waals surface area contributed by atoms with Crippen molar-refractivity contribution >= 4 is 23.6 Å². The van der Waals surface area contributed by atoms with Crippen molar-refractivity contribution in [2.75, 3.05) is 13.1 Å². The van der Waals surface area contributed by atoms with Crippen molar-refractivity contribution in [3.05, 3.63) is 0 Å². The Bertz CT molecular complexity index is 421. The lowest BCUT2D eigenvalue weighted by Gasteiger charge is -2.34. The van der Waals surface area contributed by atoms with Crippen LogP contribution in [0.15, 0.2) is 0 Å². The molecule has 0 aromatic heterocycles. The molecule has 0 aliphatic carbocycles. The van der Waals surface area contributed by atoms with Gasteiger partial charge in [0, 0.05) is 13.0 Å². The summed E-state index contributed by atoms with van der Waals surface area (Å²) in [6, 6.07) is -0.620. The summed E-state index contributed by atoms with van der Waals surface area (Å²) in [4.78, 5) is 47.5. The summed E-state index contributed by atoms with van der Waals surface area (Å²) in [5.41, 5.74) is 0. The second-order valence-corrected chi connectivity index (χ2v) is 4.51. The highest BCUT2D eigenvalue weighted by atomic mass is 16.2. The zero-order valence-electron chi connectivity index (χ0n) is 10.1. The smallest absolute Gasteiger partial charge is 0.249 e. The minimum atomic E-state index is -0.620. The van der Waals surface area contributed by atoms with Crippen LogP contribution < -0.4 is 10.6 Å². The fourth-order valence-corrected chi connectivity index (χ4v) is 2.32. The Labute approximate surface area is 104 Å². The number of nitrogens with one attached hydrogen (secondary N) is 2. The van der Waals surface area contributed by atoms with Gasteiger partial charge in [-0.2, -0.15) is 0 Å². The molecule has 0 bridgehead atoms. The summed E-state index contributed by atoms with van der Waals surface area (Å²) in [6.45, 7) is 1.94. The first-order valence-electron chi connectivity index (χ1n) is 5.93. The number of rotatable bonds is 2. The van der Waals surface area contributed by atoms with E-state index in [1.54, 1.807) is 6.92 Å². The number of carbonyl (C=O) groups is 4. The first-order valence-corrected chi connectivity index (χ1v) is 5.93. The van der Waals surface area contributed by atoms with E-state index in [-0.39, 0.29) is 31.3 Å². The molecule has 7 nitrogen and oxygen atoms in total. The van der Waals surface area contributed by atoms with Crippen molar-refractivity contribution < 1.29 is 19.2 Å². The van der Waals surface area contributed by atoms with Crippen molar-refractivity contribution in [1.82, 2.24) is 15.5 Å². The molecule has 0 saturated carbocycles. The van der Waals surface area contributed by atoms with Crippen LogP contribution in [0.3, 0.4) is 0 Å². The van der Waals surface area contributed by atoms with Gasteiger partial charge in [0.1, 0.15) is 12.6 Å². The van der Waals surface area contributed by atoms with E-state index in [0.717, 1.165) is 0 Å². The van der Waals surface area contributed by atoms with Gasteiger partial charge < -0.3 is 10.2 Å². The first kappa shape index (κ1) is 12.5. The molecule has 2 atom stereocenters. The summed E-state index contributed by atoms with van der Waals surface area (Å²) in [7, 11) is 0. The normalized spacial score (nSPS) is 28.1. The quantitative estimate of drug-likeness (QED) is 0.578. The Hall–Kier alpha value is -1.92. The molecule has 2 fully saturated rings. The van der Waals surface area contributed by atoms with E-state index in [4.69, 9.17) is 0 Å². The number of piperazine rings is 1. The average molecular weight is 253 g/mol. The molecule has 2 N–H and O–H groups in total. The van der Waals surface area contributed by atoms with Crippen molar-refractivity contribution in [3.63, 3.8) is 0 Å². The molecule has 98 valence electrons. The average Bonchev–Trinajstić information content (AvgIpc) is 2.74. The predicted octanol–water partition coefficient (Wildman–Crippen LogP) is -1.61. The van der Waals surface area contributed by atoms with Gasteiger partial charge >= 0.3 is 0 Å². The van der Waals surface area contributed by atoms with Gasteiger partial charge in [-0.05, 0) is 6.42 Å². The van der Waals surface area contributed by atoms with E-state index in [9.17, 15) is 19.2 Å². The van der Waals surface area contributed by atoms with Crippen LogP contribution in [0.1, 0.15) is 19.8 Å². The Morgan fingerprint density at radius 2 is 2.06 bits per heavy atom. The third-order valence-corrected chi connectivity index (χ3v) is 3.25. The van der Waals surface area contributed by atoms with Gasteiger partial charge in [-0.3, -0.25) is 24.5 Å². The molecule has 2 aliphatic rings. The number of amides is 4. The van der Waals surface area contributed by atoms with Gasteiger partial charge in [0.15, 0.2) is 0 Å². The van der Waals surface area contributed by atoms with Gasteiger partial charge in [0.25, 0.3) is 0 Å². The highest BCUT2D eigenvalue weighted by molar-refractivity contribution is 6.05. The van der Waals surface area contributed by atoms with Crippen LogP contribution in [0.2, 0.25) is 0 Å². The summed E-state index contributed by atoms with van der Waals surface area (Å²) in [6.07, 6.45) is 0.570. The van der Waals surface area contributed by atoms with E-state index in [0.29, 0.717) is 6.42 Å². The number of hydrogen-bond donors (Lipinski definition) is 2. The van der Waals surface area contributed by atoms with Crippen LogP contribution in [0.4, 0.5) is 0 Å². The topological polar surface area (TPSA) is 95.6 Å². The Morgan fingerprint density at radius 1 is 1.33 bits per heavy atom. The van der Waals surface area contributed by atoms with Crippen molar-refractivity contribution in [2.45, 2.75) is 25.8 Å². The lowest BCUT2D eigenvalue weighted by molar-refractivity contribution is -0.152. The standard InChI is InChI=1S/C11H15N3O4/c1-2-7-10(17)13-9(16)5-14(7)11(18)6-3-8(15)12-4-6/h6-7H,2-5H2,1H3,(H,12,15)(H,13,16,17). The van der Waals surface area contributed by atoms with Gasteiger partial charge in [-0.15, -0.1) is 0 Å². The second-order valence-electron chi connectivity index (χ2n) is 4.51. The molecular formula is C11H15N3O4. The van der Waals surface area contributed by atoms with Gasteiger partial charge in [-0.1, -0.05) is 6.92 Å². The molecule has 2 heterocycles. The highest BCUT2D eigenvalue weighted by Gasteiger charge is 2.40. The van der Waals surface area contributed by atoms with Gasteiger partial charge in [0.05, 0.1) is 5.92 Å². The van der Waals surface area contributed by atoms with Crippen molar-refractivity contribution in [2.24, 2.45) is 5.92 Å². The van der Waals surface area contributed by atoms with E-state index >= 15 is 0 Å². The van der Waals surface area contributed by atoms with Gasteiger partial charge in [0.2, 0.25) is 23.6 Å². The molecule has 0 aromatic rings. The van der Waals surface area contributed by atoms with E-state index in [1.807, 2.05) is 0 Å². The van der Waals surface area contributed by atoms with Crippen LogP contribution in [0, 0.1) is 5.92 Å². The van der Waals surface area contributed by atoms with Crippen LogP contribution >= 0.6 is 0 Å². The van der Waals surface area contributed by atoms with Crippen LogP contribution in [-0.2, 0) is 19.2 Å². The zero-order valence-corrected chi connectivity index (χ0v) is 10.1. The van der Waals surface area contributed by atoms with E-state index in [1.165, 1.54) is 4.90 Å². The molecule has 0 aromatic carbocycles. The monoisotopic (exact) mass is 253 g/mol. The highest BCUT2D eigenvalue weighted by Crippen LogP contribution is 2.17. The molecule has 0 spiro atoms. The Kier molecular flexibility index (Phi) is 3.31. The maximum absolute atomic E-state index is 12.2. The summed E-state index contributed by atoms with van der Waals surface area (Å²) in [5, 5.41) is 4.78. The third-order valence-electron chi connectivity index (χ3n) is 3.25. The van der Waals surface area contributed by atoms with Crippen LogP contribution in [0.25, 0.3) is 0 Å².